The first kappa shape index (κ1) is 46.3. The number of hydrogen-bond donors (Lipinski definition) is 7. The highest BCUT2D eigenvalue weighted by Gasteiger charge is 2.15. The maximum atomic E-state index is 12.7. The summed E-state index contributed by atoms with van der Waals surface area (Å²) in [6, 6.07) is 37.9. The molecule has 3 heterocycles. The van der Waals surface area contributed by atoms with Crippen LogP contribution in [0.2, 0.25) is 0 Å². The molecule has 1 aliphatic rings. The van der Waals surface area contributed by atoms with Gasteiger partial charge in [-0.15, -0.1) is 0 Å². The number of nitrogens with zero attached hydrogens (tertiary/aromatic N) is 3. The first-order valence-electron chi connectivity index (χ1n) is 20.4. The van der Waals surface area contributed by atoms with Crippen molar-refractivity contribution in [2.24, 2.45) is 0 Å². The number of anilines is 1. The molecule has 7 N–H and O–H groups in total. The Balaban J connectivity index is 0.000000177. The van der Waals surface area contributed by atoms with Crippen molar-refractivity contribution in [1.82, 2.24) is 30.7 Å². The summed E-state index contributed by atoms with van der Waals surface area (Å²) in [5, 5.41) is 33.6. The smallest absolute Gasteiger partial charge is 0.274 e. The van der Waals surface area contributed by atoms with Gasteiger partial charge in [0.05, 0.1) is 6.61 Å². The van der Waals surface area contributed by atoms with Crippen LogP contribution in [-0.2, 0) is 13.2 Å². The average molecular weight is 872 g/mol. The third-order valence-corrected chi connectivity index (χ3v) is 10.3. The zero-order valence-corrected chi connectivity index (χ0v) is 36.1. The maximum Gasteiger partial charge on any atom is 0.274 e. The van der Waals surface area contributed by atoms with E-state index in [4.69, 9.17) is 15.5 Å². The molecular weight excluding hydrogens is 823 g/mol. The Hall–Kier alpha value is -8.17. The number of rotatable bonds is 10. The van der Waals surface area contributed by atoms with Crippen molar-refractivity contribution in [1.29, 1.82) is 0 Å². The van der Waals surface area contributed by atoms with Gasteiger partial charge in [-0.25, -0.2) is 11.0 Å². The second-order valence-corrected chi connectivity index (χ2v) is 15.3. The fourth-order valence-electron chi connectivity index (χ4n) is 6.78. The monoisotopic (exact) mass is 871 g/mol. The lowest BCUT2D eigenvalue weighted by Crippen LogP contribution is -2.22. The zero-order chi connectivity index (χ0) is 46.5. The molecule has 0 radical (unpaired) electrons. The van der Waals surface area contributed by atoms with E-state index in [1.165, 1.54) is 16.0 Å². The molecule has 0 saturated heterocycles. The van der Waals surface area contributed by atoms with E-state index in [2.05, 4.69) is 22.2 Å². The van der Waals surface area contributed by atoms with Crippen molar-refractivity contribution in [2.45, 2.75) is 26.5 Å². The van der Waals surface area contributed by atoms with Crippen LogP contribution in [0.15, 0.2) is 164 Å². The Kier molecular flexibility index (Phi) is 15.5. The number of hydrogen-bond acceptors (Lipinski definition) is 9. The standard InChI is InChI=1S/C24H23N3O4.C17H16N2O3.C10H10N2/c1-15-4-6-17(7-5-15)22(28)25-21-13-19(12-20(14-21)24(30)27(2)3)16-8-10-18(11-9-16)23(29)26-31;20-11-13-3-1-12(2-4-13)10-19-8-7-14-5-6-15(9-16(14)19)17(21)18-22;1-8-6-10(7-12-8)9-2-4-11-5-3-9/h4-14,31H,1-3H3,(H,25,28)(H,26,29);1-9,20,22H,10-11H2,(H,18,21);2-5,7,12H,1,6H2. The number of hydroxylamine groups is 2. The lowest BCUT2D eigenvalue weighted by molar-refractivity contribution is 0.0702. The van der Waals surface area contributed by atoms with Crippen LogP contribution in [0.4, 0.5) is 5.69 Å². The summed E-state index contributed by atoms with van der Waals surface area (Å²) < 4.78 is 2.04. The SMILES string of the molecule is C=C1CC(c2ccncc2)=CN1.Cc1ccc(C(=O)Nc2cc(C(=O)N(C)C)cc(-c3ccc(C(=O)NO)cc3)c2)cc1.O=C(NO)c1ccc2ccn(Cc3ccc(CO)cc3)c2c1. The van der Waals surface area contributed by atoms with Crippen LogP contribution >= 0.6 is 0 Å². The van der Waals surface area contributed by atoms with Crippen molar-refractivity contribution < 1.29 is 34.7 Å². The van der Waals surface area contributed by atoms with Gasteiger partial charge in [-0.1, -0.05) is 66.7 Å². The van der Waals surface area contributed by atoms with Gasteiger partial charge in [-0.05, 0) is 118 Å². The van der Waals surface area contributed by atoms with Crippen LogP contribution in [-0.4, -0.2) is 67.7 Å². The molecule has 2 aromatic heterocycles. The summed E-state index contributed by atoms with van der Waals surface area (Å²) in [6.45, 7) is 6.50. The van der Waals surface area contributed by atoms with Gasteiger partial charge in [-0.3, -0.25) is 34.6 Å². The largest absolute Gasteiger partial charge is 0.392 e. The number of nitrogens with one attached hydrogen (secondary N) is 4. The van der Waals surface area contributed by atoms with E-state index in [0.29, 0.717) is 40.0 Å². The summed E-state index contributed by atoms with van der Waals surface area (Å²) in [5.74, 6) is -1.63. The van der Waals surface area contributed by atoms with Crippen molar-refractivity contribution in [3.63, 3.8) is 0 Å². The van der Waals surface area contributed by atoms with E-state index < -0.39 is 11.8 Å². The van der Waals surface area contributed by atoms with Crippen molar-refractivity contribution >= 4 is 45.8 Å². The first-order valence-corrected chi connectivity index (χ1v) is 20.4. The lowest BCUT2D eigenvalue weighted by Gasteiger charge is -2.15. The second kappa shape index (κ2) is 21.8. The molecule has 0 saturated carbocycles. The van der Waals surface area contributed by atoms with Crippen LogP contribution in [0.3, 0.4) is 0 Å². The minimum atomic E-state index is -0.617. The predicted octanol–water partition coefficient (Wildman–Crippen LogP) is 7.97. The Morgan fingerprint density at radius 3 is 1.92 bits per heavy atom. The fraction of sp³-hybridized carbons (Fsp3) is 0.118. The fourth-order valence-corrected chi connectivity index (χ4v) is 6.78. The van der Waals surface area contributed by atoms with Crippen molar-refractivity contribution in [3.05, 3.63) is 209 Å². The van der Waals surface area contributed by atoms with E-state index in [1.54, 1.807) is 104 Å². The van der Waals surface area contributed by atoms with E-state index in [-0.39, 0.29) is 18.4 Å². The van der Waals surface area contributed by atoms with Gasteiger partial charge < -0.3 is 25.2 Å². The first-order chi connectivity index (χ1) is 31.3. The van der Waals surface area contributed by atoms with Crippen LogP contribution in [0.25, 0.3) is 27.6 Å². The number of allylic oxidation sites excluding steroid dienone is 1. The Morgan fingerprint density at radius 1 is 0.692 bits per heavy atom. The molecule has 0 aliphatic carbocycles. The molecule has 0 atom stereocenters. The molecular formula is C51H49N7O7. The second-order valence-electron chi connectivity index (χ2n) is 15.3. The van der Waals surface area contributed by atoms with Crippen LogP contribution in [0, 0.1) is 6.92 Å². The van der Waals surface area contributed by atoms with E-state index >= 15 is 0 Å². The molecule has 8 rings (SSSR count). The number of aromatic nitrogens is 2. The maximum absolute atomic E-state index is 12.7. The number of amides is 4. The molecule has 0 unspecified atom stereocenters. The lowest BCUT2D eigenvalue weighted by atomic mass is 10.00. The zero-order valence-electron chi connectivity index (χ0n) is 36.1. The normalized spacial score (nSPS) is 11.5. The number of benzene rings is 5. The molecule has 0 fully saturated rings. The molecule has 14 nitrogen and oxygen atoms in total. The van der Waals surface area contributed by atoms with Gasteiger partial charge in [-0.2, -0.15) is 0 Å². The highest BCUT2D eigenvalue weighted by molar-refractivity contribution is 6.06. The Labute approximate surface area is 376 Å². The molecule has 0 spiro atoms. The van der Waals surface area contributed by atoms with Gasteiger partial charge >= 0.3 is 0 Å². The van der Waals surface area contributed by atoms with Gasteiger partial charge in [0.15, 0.2) is 0 Å². The summed E-state index contributed by atoms with van der Waals surface area (Å²) >= 11 is 0. The molecule has 4 amide bonds. The van der Waals surface area contributed by atoms with Crippen molar-refractivity contribution in [2.75, 3.05) is 19.4 Å². The van der Waals surface area contributed by atoms with Gasteiger partial charge in [0.2, 0.25) is 0 Å². The molecule has 330 valence electrons. The van der Waals surface area contributed by atoms with E-state index in [0.717, 1.165) is 45.3 Å². The quantitative estimate of drug-likeness (QED) is 0.0527. The summed E-state index contributed by atoms with van der Waals surface area (Å²) in [7, 11) is 3.31. The number of carbonyl (C=O) groups is 4. The van der Waals surface area contributed by atoms with Crippen LogP contribution < -0.4 is 21.6 Å². The molecule has 1 aliphatic heterocycles. The highest BCUT2D eigenvalue weighted by Crippen LogP contribution is 2.27. The third kappa shape index (κ3) is 12.3. The molecule has 14 heteroatoms. The minimum Gasteiger partial charge on any atom is -0.392 e. The van der Waals surface area contributed by atoms with Gasteiger partial charge in [0.25, 0.3) is 23.6 Å². The van der Waals surface area contributed by atoms with E-state index in [1.807, 2.05) is 84.6 Å². The third-order valence-electron chi connectivity index (χ3n) is 10.3. The van der Waals surface area contributed by atoms with Crippen LogP contribution in [0.1, 0.15) is 70.1 Å². The number of aliphatic hydroxyl groups excluding tert-OH is 1. The van der Waals surface area contributed by atoms with E-state index in [9.17, 15) is 19.2 Å². The summed E-state index contributed by atoms with van der Waals surface area (Å²) in [6.07, 6.45) is 8.49. The average Bonchev–Trinajstić information content (AvgIpc) is 3.97. The van der Waals surface area contributed by atoms with Gasteiger partial charge in [0, 0.05) is 91.0 Å². The number of carbonyl (C=O) groups excluding carboxylic acids is 4. The number of pyridine rings is 1. The van der Waals surface area contributed by atoms with Gasteiger partial charge in [0.1, 0.15) is 0 Å². The minimum absolute atomic E-state index is 0.0341. The molecule has 0 bridgehead atoms. The van der Waals surface area contributed by atoms with Crippen LogP contribution in [0.5, 0.6) is 0 Å². The highest BCUT2D eigenvalue weighted by atomic mass is 16.5. The number of aryl methyl sites for hydroxylation is 1. The predicted molar refractivity (Wildman–Crippen MR) is 250 cm³/mol. The van der Waals surface area contributed by atoms with Crippen molar-refractivity contribution in [3.8, 4) is 11.1 Å². The number of aliphatic hydroxyl groups is 1. The topological polar surface area (TPSA) is 198 Å². The molecule has 7 aromatic rings. The molecule has 65 heavy (non-hydrogen) atoms. The summed E-state index contributed by atoms with van der Waals surface area (Å²) in [4.78, 5) is 53.8. The summed E-state index contributed by atoms with van der Waals surface area (Å²) in [5.41, 5.74) is 14.3. The number of fused-ring (bicyclic) bond motifs is 1. The Bertz CT molecular complexity index is 2840. The molecule has 5 aromatic carbocycles. The Morgan fingerprint density at radius 2 is 1.31 bits per heavy atom.